The van der Waals surface area contributed by atoms with Gasteiger partial charge in [0, 0.05) is 13.1 Å². The van der Waals surface area contributed by atoms with Gasteiger partial charge in [0.2, 0.25) is 0 Å². The molecule has 0 saturated carbocycles. The number of nitrogens with one attached hydrogen (secondary N) is 2. The average molecular weight is 290 g/mol. The fourth-order valence-corrected chi connectivity index (χ4v) is 1.81. The first kappa shape index (κ1) is 17.2. The van der Waals surface area contributed by atoms with E-state index in [4.69, 9.17) is 4.74 Å². The molecule has 0 saturated heterocycles. The summed E-state index contributed by atoms with van der Waals surface area (Å²) in [5.74, 6) is 1.19. The molecule has 0 bridgehead atoms. The van der Waals surface area contributed by atoms with Crippen molar-refractivity contribution in [2.45, 2.75) is 33.4 Å². The van der Waals surface area contributed by atoms with E-state index in [-0.39, 0.29) is 5.91 Å². The van der Waals surface area contributed by atoms with Crippen molar-refractivity contribution < 1.29 is 9.53 Å². The molecule has 1 aromatic carbocycles. The van der Waals surface area contributed by atoms with Crippen molar-refractivity contribution in [3.05, 3.63) is 42.5 Å². The largest absolute Gasteiger partial charge is 0.481 e. The topological polar surface area (TPSA) is 50.4 Å². The Morgan fingerprint density at radius 3 is 2.81 bits per heavy atom. The summed E-state index contributed by atoms with van der Waals surface area (Å²) in [4.78, 5) is 11.7. The van der Waals surface area contributed by atoms with Crippen molar-refractivity contribution in [1.82, 2.24) is 10.6 Å². The summed E-state index contributed by atoms with van der Waals surface area (Å²) >= 11 is 0. The molecule has 4 heteroatoms. The molecule has 0 fully saturated rings. The fourth-order valence-electron chi connectivity index (χ4n) is 1.81. The second-order valence-corrected chi connectivity index (χ2v) is 5.47. The van der Waals surface area contributed by atoms with Crippen LogP contribution in [-0.4, -0.2) is 25.1 Å². The Balaban J connectivity index is 2.51. The van der Waals surface area contributed by atoms with E-state index in [1.165, 1.54) is 0 Å². The standard InChI is InChI=1S/C17H26N2O2/c1-5-9-19-17(20)14(4)21-16-8-6-7-15(10-16)12-18-11-13(2)3/h5-8,10,13-14,18H,1,9,11-12H2,2-4H3,(H,19,20). The van der Waals surface area contributed by atoms with Gasteiger partial charge in [0.15, 0.2) is 6.10 Å². The van der Waals surface area contributed by atoms with Crippen LogP contribution in [0.3, 0.4) is 0 Å². The van der Waals surface area contributed by atoms with Crippen LogP contribution in [0.2, 0.25) is 0 Å². The van der Waals surface area contributed by atoms with Gasteiger partial charge < -0.3 is 15.4 Å². The molecule has 0 aromatic heterocycles. The molecular formula is C17H26N2O2. The molecule has 21 heavy (non-hydrogen) atoms. The quantitative estimate of drug-likeness (QED) is 0.687. The Bertz CT molecular complexity index is 458. The summed E-state index contributed by atoms with van der Waals surface area (Å²) in [6, 6.07) is 7.81. The molecule has 2 N–H and O–H groups in total. The number of rotatable bonds is 9. The van der Waals surface area contributed by atoms with Crippen LogP contribution in [0.5, 0.6) is 5.75 Å². The zero-order chi connectivity index (χ0) is 15.7. The van der Waals surface area contributed by atoms with Crippen molar-refractivity contribution in [2.75, 3.05) is 13.1 Å². The van der Waals surface area contributed by atoms with Crippen molar-refractivity contribution in [2.24, 2.45) is 5.92 Å². The highest BCUT2D eigenvalue weighted by atomic mass is 16.5. The third-order valence-corrected chi connectivity index (χ3v) is 2.88. The molecule has 1 aromatic rings. The van der Waals surface area contributed by atoms with Gasteiger partial charge in [-0.15, -0.1) is 6.58 Å². The number of benzene rings is 1. The Labute approximate surface area is 127 Å². The van der Waals surface area contributed by atoms with E-state index < -0.39 is 6.10 Å². The zero-order valence-corrected chi connectivity index (χ0v) is 13.2. The molecule has 1 rings (SSSR count). The van der Waals surface area contributed by atoms with Gasteiger partial charge in [-0.25, -0.2) is 0 Å². The molecule has 1 amide bonds. The van der Waals surface area contributed by atoms with Gasteiger partial charge in [0.25, 0.3) is 5.91 Å². The highest BCUT2D eigenvalue weighted by Gasteiger charge is 2.13. The summed E-state index contributed by atoms with van der Waals surface area (Å²) in [7, 11) is 0. The van der Waals surface area contributed by atoms with Crippen LogP contribution in [0.15, 0.2) is 36.9 Å². The number of carbonyl (C=O) groups excluding carboxylic acids is 1. The first-order valence-electron chi connectivity index (χ1n) is 7.38. The van der Waals surface area contributed by atoms with Gasteiger partial charge in [0.1, 0.15) is 5.75 Å². The minimum absolute atomic E-state index is 0.141. The third kappa shape index (κ3) is 6.95. The lowest BCUT2D eigenvalue weighted by Crippen LogP contribution is -2.36. The summed E-state index contributed by atoms with van der Waals surface area (Å²) in [5.41, 5.74) is 1.15. The second-order valence-electron chi connectivity index (χ2n) is 5.47. The fraction of sp³-hybridized carbons (Fsp3) is 0.471. The first-order valence-corrected chi connectivity index (χ1v) is 7.38. The van der Waals surface area contributed by atoms with Crippen molar-refractivity contribution in [1.29, 1.82) is 0 Å². The molecule has 1 atom stereocenters. The van der Waals surface area contributed by atoms with Crippen LogP contribution in [0.25, 0.3) is 0 Å². The predicted octanol–water partition coefficient (Wildman–Crippen LogP) is 2.50. The maximum absolute atomic E-state index is 11.7. The molecule has 0 aliphatic heterocycles. The maximum Gasteiger partial charge on any atom is 0.261 e. The van der Waals surface area contributed by atoms with Crippen molar-refractivity contribution in [3.8, 4) is 5.75 Å². The van der Waals surface area contributed by atoms with Gasteiger partial charge in [-0.1, -0.05) is 32.1 Å². The molecule has 1 unspecified atom stereocenters. The summed E-state index contributed by atoms with van der Waals surface area (Å²) < 4.78 is 5.67. The van der Waals surface area contributed by atoms with Gasteiger partial charge in [0.05, 0.1) is 0 Å². The number of carbonyl (C=O) groups is 1. The highest BCUT2D eigenvalue weighted by Crippen LogP contribution is 2.15. The minimum atomic E-state index is -0.524. The van der Waals surface area contributed by atoms with E-state index in [0.29, 0.717) is 18.2 Å². The Kier molecular flexibility index (Phi) is 7.54. The van der Waals surface area contributed by atoms with Gasteiger partial charge in [-0.05, 0) is 37.1 Å². The van der Waals surface area contributed by atoms with Crippen LogP contribution in [-0.2, 0) is 11.3 Å². The molecule has 116 valence electrons. The lowest BCUT2D eigenvalue weighted by Gasteiger charge is -2.15. The number of ether oxygens (including phenoxy) is 1. The van der Waals surface area contributed by atoms with Gasteiger partial charge >= 0.3 is 0 Å². The van der Waals surface area contributed by atoms with Crippen LogP contribution >= 0.6 is 0 Å². The third-order valence-electron chi connectivity index (χ3n) is 2.88. The van der Waals surface area contributed by atoms with Crippen LogP contribution in [0.4, 0.5) is 0 Å². The number of amides is 1. The summed E-state index contributed by atoms with van der Waals surface area (Å²) in [6.07, 6.45) is 1.12. The van der Waals surface area contributed by atoms with E-state index in [0.717, 1.165) is 18.7 Å². The van der Waals surface area contributed by atoms with Gasteiger partial charge in [-0.3, -0.25) is 4.79 Å². The summed E-state index contributed by atoms with van der Waals surface area (Å²) in [6.45, 7) is 11.9. The Morgan fingerprint density at radius 1 is 1.38 bits per heavy atom. The summed E-state index contributed by atoms with van der Waals surface area (Å²) in [5, 5.41) is 6.11. The molecule has 4 nitrogen and oxygen atoms in total. The van der Waals surface area contributed by atoms with Crippen LogP contribution < -0.4 is 15.4 Å². The highest BCUT2D eigenvalue weighted by molar-refractivity contribution is 5.80. The smallest absolute Gasteiger partial charge is 0.261 e. The average Bonchev–Trinajstić information content (AvgIpc) is 2.44. The molecule has 0 aliphatic rings. The number of hydrogen-bond acceptors (Lipinski definition) is 3. The SMILES string of the molecule is C=CCNC(=O)C(C)Oc1cccc(CNCC(C)C)c1. The van der Waals surface area contributed by atoms with Crippen LogP contribution in [0.1, 0.15) is 26.3 Å². The van der Waals surface area contributed by atoms with Crippen molar-refractivity contribution in [3.63, 3.8) is 0 Å². The minimum Gasteiger partial charge on any atom is -0.481 e. The molecule has 0 heterocycles. The van der Waals surface area contributed by atoms with Gasteiger partial charge in [-0.2, -0.15) is 0 Å². The Hall–Kier alpha value is -1.81. The van der Waals surface area contributed by atoms with E-state index in [2.05, 4.69) is 31.1 Å². The van der Waals surface area contributed by atoms with E-state index in [1.54, 1.807) is 13.0 Å². The second kappa shape index (κ2) is 9.19. The normalized spacial score (nSPS) is 12.0. The van der Waals surface area contributed by atoms with Crippen molar-refractivity contribution >= 4 is 5.91 Å². The number of hydrogen-bond donors (Lipinski definition) is 2. The molecule has 0 radical (unpaired) electrons. The molecule has 0 spiro atoms. The van der Waals surface area contributed by atoms with E-state index in [9.17, 15) is 4.79 Å². The monoisotopic (exact) mass is 290 g/mol. The maximum atomic E-state index is 11.7. The van der Waals surface area contributed by atoms with Crippen LogP contribution in [0, 0.1) is 5.92 Å². The zero-order valence-electron chi connectivity index (χ0n) is 13.2. The lowest BCUT2D eigenvalue weighted by molar-refractivity contribution is -0.127. The predicted molar refractivity (Wildman–Crippen MR) is 86.3 cm³/mol. The first-order chi connectivity index (χ1) is 10.0. The Morgan fingerprint density at radius 2 is 2.14 bits per heavy atom. The van der Waals surface area contributed by atoms with E-state index >= 15 is 0 Å². The molecular weight excluding hydrogens is 264 g/mol. The molecule has 0 aliphatic carbocycles. The van der Waals surface area contributed by atoms with E-state index in [1.807, 2.05) is 24.3 Å². The lowest BCUT2D eigenvalue weighted by atomic mass is 10.2.